The summed E-state index contributed by atoms with van der Waals surface area (Å²) in [6.45, 7) is 6.77. The molecule has 2 heterocycles. The summed E-state index contributed by atoms with van der Waals surface area (Å²) in [6, 6.07) is 1.79. The van der Waals surface area contributed by atoms with Crippen LogP contribution in [-0.4, -0.2) is 41.6 Å². The standard InChI is InChI=1S/C15H22N2O3S/c1-15(2,3)20-14(19)16-12-5-4-7-17(9-12)13(18)11-6-8-21-10-11/h6,8,10,12H,4-5,7,9H2,1-3H3,(H,16,19)/t12-/m0/s1. The average molecular weight is 310 g/mol. The Morgan fingerprint density at radius 2 is 2.19 bits per heavy atom. The van der Waals surface area contributed by atoms with Crippen LogP contribution in [0.2, 0.25) is 0 Å². The SMILES string of the molecule is CC(C)(C)OC(=O)N[C@H]1CCCN(C(=O)c2ccsc2)C1. The van der Waals surface area contributed by atoms with E-state index < -0.39 is 11.7 Å². The predicted molar refractivity (Wildman–Crippen MR) is 82.6 cm³/mol. The van der Waals surface area contributed by atoms with E-state index in [1.54, 1.807) is 4.90 Å². The highest BCUT2D eigenvalue weighted by Crippen LogP contribution is 2.16. The second-order valence-electron chi connectivity index (χ2n) is 6.25. The first-order valence-electron chi connectivity index (χ1n) is 7.16. The number of carbonyl (C=O) groups is 2. The number of alkyl carbamates (subject to hydrolysis) is 1. The van der Waals surface area contributed by atoms with Gasteiger partial charge in [-0.25, -0.2) is 4.79 Å². The molecule has 6 heteroatoms. The minimum Gasteiger partial charge on any atom is -0.444 e. The van der Waals surface area contributed by atoms with Crippen LogP contribution in [-0.2, 0) is 4.74 Å². The fraction of sp³-hybridized carbons (Fsp3) is 0.600. The van der Waals surface area contributed by atoms with Crippen molar-refractivity contribution >= 4 is 23.3 Å². The lowest BCUT2D eigenvalue weighted by Gasteiger charge is -2.33. The van der Waals surface area contributed by atoms with Gasteiger partial charge in [0.1, 0.15) is 5.60 Å². The zero-order valence-corrected chi connectivity index (χ0v) is 13.5. The highest BCUT2D eigenvalue weighted by atomic mass is 32.1. The number of rotatable bonds is 2. The van der Waals surface area contributed by atoms with Crippen LogP contribution in [0.3, 0.4) is 0 Å². The highest BCUT2D eigenvalue weighted by molar-refractivity contribution is 7.08. The van der Waals surface area contributed by atoms with Crippen molar-refractivity contribution in [1.82, 2.24) is 10.2 Å². The molecule has 116 valence electrons. The Balaban J connectivity index is 1.89. The number of nitrogens with zero attached hydrogens (tertiary/aromatic N) is 1. The number of hydrogen-bond donors (Lipinski definition) is 1. The van der Waals surface area contributed by atoms with Crippen LogP contribution in [0.15, 0.2) is 16.8 Å². The van der Waals surface area contributed by atoms with Crippen LogP contribution in [0.5, 0.6) is 0 Å². The van der Waals surface area contributed by atoms with Gasteiger partial charge in [-0.2, -0.15) is 11.3 Å². The van der Waals surface area contributed by atoms with Gasteiger partial charge >= 0.3 is 6.09 Å². The maximum Gasteiger partial charge on any atom is 0.407 e. The summed E-state index contributed by atoms with van der Waals surface area (Å²) in [7, 11) is 0. The maximum absolute atomic E-state index is 12.3. The van der Waals surface area contributed by atoms with Gasteiger partial charge in [-0.15, -0.1) is 0 Å². The number of amides is 2. The molecule has 0 aromatic carbocycles. The number of hydrogen-bond acceptors (Lipinski definition) is 4. The van der Waals surface area contributed by atoms with E-state index in [1.807, 2.05) is 37.6 Å². The van der Waals surface area contributed by atoms with Gasteiger partial charge in [0.2, 0.25) is 0 Å². The summed E-state index contributed by atoms with van der Waals surface area (Å²) in [5.41, 5.74) is 0.211. The molecule has 0 bridgehead atoms. The van der Waals surface area contributed by atoms with Crippen LogP contribution in [0, 0.1) is 0 Å². The molecule has 1 saturated heterocycles. The molecule has 1 N–H and O–H groups in total. The number of likely N-dealkylation sites (tertiary alicyclic amines) is 1. The maximum atomic E-state index is 12.3. The zero-order chi connectivity index (χ0) is 15.5. The third-order valence-electron chi connectivity index (χ3n) is 3.20. The molecule has 2 amide bonds. The quantitative estimate of drug-likeness (QED) is 0.914. The van der Waals surface area contributed by atoms with E-state index in [1.165, 1.54) is 11.3 Å². The summed E-state index contributed by atoms with van der Waals surface area (Å²) in [6.07, 6.45) is 1.33. The fourth-order valence-corrected chi connectivity index (χ4v) is 2.95. The summed E-state index contributed by atoms with van der Waals surface area (Å²) >= 11 is 1.51. The van der Waals surface area contributed by atoms with Crippen molar-refractivity contribution in [2.24, 2.45) is 0 Å². The number of thiophene rings is 1. The van der Waals surface area contributed by atoms with Gasteiger partial charge in [0.25, 0.3) is 5.91 Å². The van der Waals surface area contributed by atoms with Crippen molar-refractivity contribution in [2.45, 2.75) is 45.3 Å². The van der Waals surface area contributed by atoms with Gasteiger partial charge in [0.15, 0.2) is 0 Å². The number of nitrogens with one attached hydrogen (secondary N) is 1. The van der Waals surface area contributed by atoms with E-state index in [9.17, 15) is 9.59 Å². The van der Waals surface area contributed by atoms with E-state index in [2.05, 4.69) is 5.32 Å². The van der Waals surface area contributed by atoms with Gasteiger partial charge in [-0.05, 0) is 45.1 Å². The molecule has 1 atom stereocenters. The number of piperidine rings is 1. The van der Waals surface area contributed by atoms with E-state index >= 15 is 0 Å². The molecule has 2 rings (SSSR count). The molecule has 0 aliphatic carbocycles. The molecule has 5 nitrogen and oxygen atoms in total. The summed E-state index contributed by atoms with van der Waals surface area (Å²) < 4.78 is 5.26. The normalized spacial score (nSPS) is 19.2. The van der Waals surface area contributed by atoms with Crippen molar-refractivity contribution in [2.75, 3.05) is 13.1 Å². The van der Waals surface area contributed by atoms with Gasteiger partial charge in [0, 0.05) is 24.5 Å². The molecule has 1 aromatic heterocycles. The second kappa shape index (κ2) is 6.47. The van der Waals surface area contributed by atoms with Gasteiger partial charge < -0.3 is 15.0 Å². The molecule has 0 spiro atoms. The van der Waals surface area contributed by atoms with Crippen molar-refractivity contribution in [3.05, 3.63) is 22.4 Å². The topological polar surface area (TPSA) is 58.6 Å². The first-order valence-corrected chi connectivity index (χ1v) is 8.10. The number of ether oxygens (including phenoxy) is 1. The molecule has 1 aliphatic heterocycles. The first kappa shape index (κ1) is 15.8. The largest absolute Gasteiger partial charge is 0.444 e. The molecule has 1 aliphatic rings. The Morgan fingerprint density at radius 3 is 2.81 bits per heavy atom. The Hall–Kier alpha value is -1.56. The monoisotopic (exact) mass is 310 g/mol. The molecule has 21 heavy (non-hydrogen) atoms. The molecular weight excluding hydrogens is 288 g/mol. The van der Waals surface area contributed by atoms with Gasteiger partial charge in [0.05, 0.1) is 5.56 Å². The van der Waals surface area contributed by atoms with Crippen LogP contribution in [0.25, 0.3) is 0 Å². The highest BCUT2D eigenvalue weighted by Gasteiger charge is 2.27. The summed E-state index contributed by atoms with van der Waals surface area (Å²) in [4.78, 5) is 25.9. The Kier molecular flexibility index (Phi) is 4.88. The van der Waals surface area contributed by atoms with E-state index in [0.29, 0.717) is 6.54 Å². The molecule has 0 radical (unpaired) electrons. The third kappa shape index (κ3) is 4.74. The Bertz CT molecular complexity index is 494. The lowest BCUT2D eigenvalue weighted by molar-refractivity contribution is 0.0452. The van der Waals surface area contributed by atoms with Crippen LogP contribution in [0.1, 0.15) is 44.0 Å². The average Bonchev–Trinajstić information content (AvgIpc) is 2.89. The lowest BCUT2D eigenvalue weighted by Crippen LogP contribution is -2.50. The Morgan fingerprint density at radius 1 is 1.43 bits per heavy atom. The van der Waals surface area contributed by atoms with Crippen molar-refractivity contribution in [3.8, 4) is 0 Å². The van der Waals surface area contributed by atoms with Crippen molar-refractivity contribution in [3.63, 3.8) is 0 Å². The van der Waals surface area contributed by atoms with Gasteiger partial charge in [-0.3, -0.25) is 4.79 Å². The fourth-order valence-electron chi connectivity index (χ4n) is 2.32. The summed E-state index contributed by atoms with van der Waals surface area (Å²) in [5.74, 6) is 0.0342. The molecular formula is C15H22N2O3S. The van der Waals surface area contributed by atoms with E-state index in [-0.39, 0.29) is 11.9 Å². The molecule has 0 saturated carbocycles. The number of carbonyl (C=O) groups excluding carboxylic acids is 2. The zero-order valence-electron chi connectivity index (χ0n) is 12.7. The first-order chi connectivity index (χ1) is 9.85. The van der Waals surface area contributed by atoms with Crippen LogP contribution in [0.4, 0.5) is 4.79 Å². The smallest absolute Gasteiger partial charge is 0.407 e. The predicted octanol–water partition coefficient (Wildman–Crippen LogP) is 2.88. The van der Waals surface area contributed by atoms with Crippen molar-refractivity contribution in [1.29, 1.82) is 0 Å². The molecule has 0 unspecified atom stereocenters. The van der Waals surface area contributed by atoms with Gasteiger partial charge in [-0.1, -0.05) is 0 Å². The molecule has 1 fully saturated rings. The van der Waals surface area contributed by atoms with Crippen LogP contribution >= 0.6 is 11.3 Å². The second-order valence-corrected chi connectivity index (χ2v) is 7.03. The van der Waals surface area contributed by atoms with Crippen molar-refractivity contribution < 1.29 is 14.3 Å². The summed E-state index contributed by atoms with van der Waals surface area (Å²) in [5, 5.41) is 6.60. The minimum absolute atomic E-state index is 0.0342. The van der Waals surface area contributed by atoms with E-state index in [4.69, 9.17) is 4.74 Å². The Labute approximate surface area is 129 Å². The third-order valence-corrected chi connectivity index (χ3v) is 3.88. The molecule has 1 aromatic rings. The minimum atomic E-state index is -0.509. The lowest BCUT2D eigenvalue weighted by atomic mass is 10.1. The van der Waals surface area contributed by atoms with Crippen LogP contribution < -0.4 is 5.32 Å². The van der Waals surface area contributed by atoms with E-state index in [0.717, 1.165) is 24.9 Å².